The van der Waals surface area contributed by atoms with Crippen molar-refractivity contribution in [2.75, 3.05) is 5.75 Å². The van der Waals surface area contributed by atoms with E-state index >= 15 is 0 Å². The summed E-state index contributed by atoms with van der Waals surface area (Å²) in [5, 5.41) is 0.509. The van der Waals surface area contributed by atoms with Crippen LogP contribution in [0.3, 0.4) is 0 Å². The Bertz CT molecular complexity index is 689. The maximum Gasteiger partial charge on any atom is 0.317 e. The number of esters is 1. The zero-order valence-corrected chi connectivity index (χ0v) is 12.5. The van der Waals surface area contributed by atoms with Gasteiger partial charge in [0.1, 0.15) is 5.82 Å². The van der Waals surface area contributed by atoms with Gasteiger partial charge in [-0.25, -0.2) is 9.37 Å². The van der Waals surface area contributed by atoms with Crippen molar-refractivity contribution in [3.63, 3.8) is 0 Å². The highest BCUT2D eigenvalue weighted by atomic mass is 32.2. The van der Waals surface area contributed by atoms with Gasteiger partial charge in [-0.15, -0.1) is 0 Å². The quantitative estimate of drug-likeness (QED) is 0.643. The number of thioether (sulfide) groups is 1. The van der Waals surface area contributed by atoms with Crippen molar-refractivity contribution >= 4 is 23.6 Å². The van der Waals surface area contributed by atoms with Crippen molar-refractivity contribution in [3.8, 4) is 5.69 Å². The molecule has 1 atom stereocenters. The van der Waals surface area contributed by atoms with Crippen LogP contribution in [0.2, 0.25) is 0 Å². The summed E-state index contributed by atoms with van der Waals surface area (Å²) in [6.07, 6.45) is 2.23. The van der Waals surface area contributed by atoms with Gasteiger partial charge in [0.25, 0.3) is 5.91 Å². The fourth-order valence-electron chi connectivity index (χ4n) is 1.63. The van der Waals surface area contributed by atoms with Gasteiger partial charge in [0.2, 0.25) is 0 Å². The van der Waals surface area contributed by atoms with Crippen molar-refractivity contribution in [1.82, 2.24) is 9.55 Å². The van der Waals surface area contributed by atoms with Crippen LogP contribution in [-0.2, 0) is 14.3 Å². The zero-order chi connectivity index (χ0) is 16.1. The predicted molar refractivity (Wildman–Crippen MR) is 79.0 cm³/mol. The third kappa shape index (κ3) is 4.08. The Balaban J connectivity index is 2.02. The topological polar surface area (TPSA) is 87.2 Å². The summed E-state index contributed by atoms with van der Waals surface area (Å²) in [4.78, 5) is 26.5. The molecule has 1 heterocycles. The molecule has 1 amide bonds. The Morgan fingerprint density at radius 1 is 1.50 bits per heavy atom. The molecule has 0 saturated carbocycles. The second kappa shape index (κ2) is 7.08. The molecule has 22 heavy (non-hydrogen) atoms. The molecule has 6 nitrogen and oxygen atoms in total. The smallest absolute Gasteiger partial charge is 0.317 e. The van der Waals surface area contributed by atoms with E-state index in [9.17, 15) is 14.0 Å². The maximum atomic E-state index is 13.3. The van der Waals surface area contributed by atoms with E-state index < -0.39 is 18.0 Å². The van der Waals surface area contributed by atoms with Gasteiger partial charge in [-0.05, 0) is 25.1 Å². The minimum Gasteiger partial charge on any atom is -0.452 e. The highest BCUT2D eigenvalue weighted by molar-refractivity contribution is 7.99. The van der Waals surface area contributed by atoms with Crippen molar-refractivity contribution in [2.24, 2.45) is 5.73 Å². The number of ether oxygens (including phenoxy) is 1. The lowest BCUT2D eigenvalue weighted by Gasteiger charge is -2.10. The standard InChI is InChI=1S/C14H14FN3O3S/c1-9(13(16)20)21-12(19)8-22-14-17-5-6-18(14)11-4-2-3-10(15)7-11/h2-7,9H,8H2,1H3,(H2,16,20)/t9-/m0/s1. The van der Waals surface area contributed by atoms with E-state index in [1.165, 1.54) is 19.1 Å². The Hall–Kier alpha value is -2.35. The van der Waals surface area contributed by atoms with E-state index in [2.05, 4.69) is 4.98 Å². The van der Waals surface area contributed by atoms with Gasteiger partial charge < -0.3 is 10.5 Å². The van der Waals surface area contributed by atoms with E-state index in [1.54, 1.807) is 29.1 Å². The number of halogens is 1. The number of nitrogens with two attached hydrogens (primary N) is 1. The van der Waals surface area contributed by atoms with Gasteiger partial charge in [0.15, 0.2) is 11.3 Å². The second-order valence-electron chi connectivity index (χ2n) is 4.38. The van der Waals surface area contributed by atoms with Crippen LogP contribution in [-0.4, -0.2) is 33.3 Å². The number of imidazole rings is 1. The van der Waals surface area contributed by atoms with E-state index in [0.717, 1.165) is 11.8 Å². The van der Waals surface area contributed by atoms with E-state index in [-0.39, 0.29) is 11.6 Å². The molecule has 2 rings (SSSR count). The minimum absolute atomic E-state index is 0.0377. The lowest BCUT2D eigenvalue weighted by Crippen LogP contribution is -2.31. The van der Waals surface area contributed by atoms with Gasteiger partial charge in [-0.2, -0.15) is 0 Å². The summed E-state index contributed by atoms with van der Waals surface area (Å²) in [6, 6.07) is 6.01. The Morgan fingerprint density at radius 3 is 2.95 bits per heavy atom. The second-order valence-corrected chi connectivity index (χ2v) is 5.33. The number of benzene rings is 1. The molecule has 2 aromatic rings. The molecule has 0 unspecified atom stereocenters. The minimum atomic E-state index is -0.976. The molecule has 2 N–H and O–H groups in total. The van der Waals surface area contributed by atoms with E-state index in [0.29, 0.717) is 10.8 Å². The summed E-state index contributed by atoms with van der Waals surface area (Å²) < 4.78 is 19.8. The van der Waals surface area contributed by atoms with Crippen LogP contribution in [0.4, 0.5) is 4.39 Å². The van der Waals surface area contributed by atoms with Crippen molar-refractivity contribution in [3.05, 3.63) is 42.5 Å². The number of aromatic nitrogens is 2. The lowest BCUT2D eigenvalue weighted by atomic mass is 10.3. The van der Waals surface area contributed by atoms with Crippen LogP contribution in [0, 0.1) is 5.82 Å². The molecule has 1 aromatic heterocycles. The van der Waals surface area contributed by atoms with Crippen LogP contribution in [0.25, 0.3) is 5.69 Å². The molecule has 0 aliphatic heterocycles. The summed E-state index contributed by atoms with van der Waals surface area (Å²) >= 11 is 1.12. The van der Waals surface area contributed by atoms with Crippen molar-refractivity contribution < 1.29 is 18.7 Å². The van der Waals surface area contributed by atoms with Crippen LogP contribution >= 0.6 is 11.8 Å². The number of amides is 1. The number of hydrogen-bond acceptors (Lipinski definition) is 5. The number of carbonyl (C=O) groups is 2. The molecule has 0 aliphatic carbocycles. The highest BCUT2D eigenvalue weighted by Gasteiger charge is 2.16. The van der Waals surface area contributed by atoms with Gasteiger partial charge >= 0.3 is 5.97 Å². The third-order valence-corrected chi connectivity index (χ3v) is 3.66. The SMILES string of the molecule is C[C@H](OC(=O)CSc1nccn1-c1cccc(F)c1)C(N)=O. The van der Waals surface area contributed by atoms with E-state index in [4.69, 9.17) is 10.5 Å². The van der Waals surface area contributed by atoms with Crippen LogP contribution < -0.4 is 5.73 Å². The first kappa shape index (κ1) is 16.0. The Kier molecular flexibility index (Phi) is 5.16. The van der Waals surface area contributed by atoms with Gasteiger partial charge in [0, 0.05) is 12.4 Å². The normalized spacial score (nSPS) is 11.9. The monoisotopic (exact) mass is 323 g/mol. The largest absolute Gasteiger partial charge is 0.452 e. The fourth-order valence-corrected chi connectivity index (χ4v) is 2.39. The molecule has 8 heteroatoms. The number of primary amides is 1. The molecule has 0 bridgehead atoms. The predicted octanol–water partition coefficient (Wildman–Crippen LogP) is 1.52. The highest BCUT2D eigenvalue weighted by Crippen LogP contribution is 2.21. The van der Waals surface area contributed by atoms with Gasteiger partial charge in [-0.3, -0.25) is 14.2 Å². The maximum absolute atomic E-state index is 13.3. The Labute approximate surface area is 130 Å². The molecule has 0 aliphatic rings. The molecular formula is C14H14FN3O3S. The first-order valence-electron chi connectivity index (χ1n) is 6.38. The van der Waals surface area contributed by atoms with Crippen molar-refractivity contribution in [2.45, 2.75) is 18.2 Å². The number of hydrogen-bond donors (Lipinski definition) is 1. The van der Waals surface area contributed by atoms with Gasteiger partial charge in [-0.1, -0.05) is 17.8 Å². The summed E-state index contributed by atoms with van der Waals surface area (Å²) in [6.45, 7) is 1.40. The average Bonchev–Trinajstić information content (AvgIpc) is 2.93. The lowest BCUT2D eigenvalue weighted by molar-refractivity contribution is -0.151. The third-order valence-electron chi connectivity index (χ3n) is 2.72. The molecule has 0 spiro atoms. The van der Waals surface area contributed by atoms with Crippen molar-refractivity contribution in [1.29, 1.82) is 0 Å². The summed E-state index contributed by atoms with van der Waals surface area (Å²) in [5.74, 6) is -1.69. The molecule has 0 radical (unpaired) electrons. The van der Waals surface area contributed by atoms with Gasteiger partial charge in [0.05, 0.1) is 11.4 Å². The fraction of sp³-hybridized carbons (Fsp3) is 0.214. The van der Waals surface area contributed by atoms with Crippen LogP contribution in [0.5, 0.6) is 0 Å². The average molecular weight is 323 g/mol. The van der Waals surface area contributed by atoms with E-state index in [1.807, 2.05) is 0 Å². The summed E-state index contributed by atoms with van der Waals surface area (Å²) in [5.41, 5.74) is 5.61. The van der Waals surface area contributed by atoms with Crippen LogP contribution in [0.1, 0.15) is 6.92 Å². The number of carbonyl (C=O) groups excluding carboxylic acids is 2. The molecule has 1 aromatic carbocycles. The first-order valence-corrected chi connectivity index (χ1v) is 7.37. The molecule has 0 saturated heterocycles. The number of rotatable bonds is 6. The molecular weight excluding hydrogens is 309 g/mol. The molecule has 0 fully saturated rings. The Morgan fingerprint density at radius 2 is 2.27 bits per heavy atom. The van der Waals surface area contributed by atoms with Crippen LogP contribution in [0.15, 0.2) is 41.8 Å². The zero-order valence-electron chi connectivity index (χ0n) is 11.7. The molecule has 116 valence electrons. The number of nitrogens with zero attached hydrogens (tertiary/aromatic N) is 2. The first-order chi connectivity index (χ1) is 10.5. The summed E-state index contributed by atoms with van der Waals surface area (Å²) in [7, 11) is 0.